The summed E-state index contributed by atoms with van der Waals surface area (Å²) in [5, 5.41) is 5.72. The zero-order valence-electron chi connectivity index (χ0n) is 18.8. The van der Waals surface area contributed by atoms with E-state index >= 15 is 0 Å². The van der Waals surface area contributed by atoms with E-state index in [1.54, 1.807) is 36.1 Å². The SMILES string of the molecule is CCOC(=O)CCNC(N)=O.N/C(=N\OC(=O)OCC(Cl)(Cl)Cl)c1ccc(N2CCCC2=O)cc1. The van der Waals surface area contributed by atoms with E-state index in [0.717, 1.165) is 12.1 Å². The average Bonchev–Trinajstić information content (AvgIpc) is 3.22. The number of rotatable bonds is 8. The van der Waals surface area contributed by atoms with Crippen molar-refractivity contribution in [2.45, 2.75) is 30.0 Å². The Kier molecular flexibility index (Phi) is 13.0. The number of benzene rings is 1. The Labute approximate surface area is 216 Å². The van der Waals surface area contributed by atoms with Gasteiger partial charge in [-0.1, -0.05) is 40.0 Å². The number of carbonyl (C=O) groups is 4. The van der Waals surface area contributed by atoms with Crippen molar-refractivity contribution < 1.29 is 33.5 Å². The van der Waals surface area contributed by atoms with Gasteiger partial charge in [0.25, 0.3) is 0 Å². The lowest BCUT2D eigenvalue weighted by Crippen LogP contribution is -2.31. The van der Waals surface area contributed by atoms with E-state index in [0.29, 0.717) is 25.1 Å². The molecule has 1 heterocycles. The second kappa shape index (κ2) is 15.1. The fourth-order valence-electron chi connectivity index (χ4n) is 2.56. The highest BCUT2D eigenvalue weighted by Crippen LogP contribution is 2.26. The molecule has 0 atom stereocenters. The molecule has 0 aromatic heterocycles. The van der Waals surface area contributed by atoms with E-state index in [1.807, 2.05) is 0 Å². The number of nitrogens with two attached hydrogens (primary N) is 2. The van der Waals surface area contributed by atoms with E-state index in [1.165, 1.54) is 0 Å². The molecule has 1 aromatic carbocycles. The number of primary amides is 1. The number of esters is 1. The molecule has 1 fully saturated rings. The molecule has 194 valence electrons. The quantitative estimate of drug-likeness (QED) is 0.110. The molecule has 1 saturated heterocycles. The van der Waals surface area contributed by atoms with Gasteiger partial charge in [-0.3, -0.25) is 14.4 Å². The number of nitrogens with zero attached hydrogens (tertiary/aromatic N) is 2. The van der Waals surface area contributed by atoms with E-state index in [4.69, 9.17) is 46.3 Å². The molecule has 3 amide bonds. The highest BCUT2D eigenvalue weighted by molar-refractivity contribution is 6.67. The predicted octanol–water partition coefficient (Wildman–Crippen LogP) is 2.57. The summed E-state index contributed by atoms with van der Waals surface area (Å²) in [6.07, 6.45) is 0.407. The number of ether oxygens (including phenoxy) is 2. The zero-order valence-corrected chi connectivity index (χ0v) is 21.1. The summed E-state index contributed by atoms with van der Waals surface area (Å²) in [5.74, 6) is -0.286. The third-order valence-corrected chi connectivity index (χ3v) is 4.38. The van der Waals surface area contributed by atoms with Crippen LogP contribution in [0.4, 0.5) is 15.3 Å². The zero-order chi connectivity index (χ0) is 26.4. The van der Waals surface area contributed by atoms with Crippen LogP contribution < -0.4 is 21.7 Å². The first-order valence-electron chi connectivity index (χ1n) is 10.3. The van der Waals surface area contributed by atoms with Crippen molar-refractivity contribution in [2.75, 3.05) is 31.2 Å². The number of amides is 3. The molecule has 0 spiro atoms. The Bertz CT molecular complexity index is 907. The van der Waals surface area contributed by atoms with Crippen molar-refractivity contribution in [3.05, 3.63) is 29.8 Å². The second-order valence-corrected chi connectivity index (χ2v) is 9.28. The van der Waals surface area contributed by atoms with Gasteiger partial charge in [0.1, 0.15) is 6.61 Å². The van der Waals surface area contributed by atoms with Crippen molar-refractivity contribution in [2.24, 2.45) is 16.6 Å². The lowest BCUT2D eigenvalue weighted by molar-refractivity contribution is -0.142. The molecule has 12 nitrogen and oxygen atoms in total. The van der Waals surface area contributed by atoms with Crippen LogP contribution in [0.3, 0.4) is 0 Å². The largest absolute Gasteiger partial charge is 0.535 e. The molecular formula is C20H26Cl3N5O7. The van der Waals surface area contributed by atoms with Crippen LogP contribution in [0.2, 0.25) is 0 Å². The lowest BCUT2D eigenvalue weighted by Gasteiger charge is -2.15. The van der Waals surface area contributed by atoms with Crippen LogP contribution >= 0.6 is 34.8 Å². The van der Waals surface area contributed by atoms with Crippen LogP contribution in [-0.4, -0.2) is 60.0 Å². The van der Waals surface area contributed by atoms with Crippen molar-refractivity contribution in [3.63, 3.8) is 0 Å². The van der Waals surface area contributed by atoms with Crippen LogP contribution in [0.1, 0.15) is 31.7 Å². The van der Waals surface area contributed by atoms with Crippen LogP contribution in [0.25, 0.3) is 0 Å². The molecule has 1 aliphatic rings. The normalized spacial score (nSPS) is 13.4. The standard InChI is InChI=1S/C14H14Cl3N3O4.C6H12N2O3/c15-14(16,17)8-23-13(22)24-19-12(18)9-3-5-10(6-4-9)20-7-1-2-11(20)21;1-2-11-5(9)3-4-8-6(7)10/h3-6H,1-2,7-8H2,(H2,18,19);2-4H2,1H3,(H3,7,8,10). The van der Waals surface area contributed by atoms with Gasteiger partial charge >= 0.3 is 18.2 Å². The Morgan fingerprint density at radius 1 is 1.14 bits per heavy atom. The molecule has 1 aliphatic heterocycles. The van der Waals surface area contributed by atoms with Crippen LogP contribution in [0.15, 0.2) is 29.4 Å². The van der Waals surface area contributed by atoms with Gasteiger partial charge in [-0.05, 0) is 37.6 Å². The Morgan fingerprint density at radius 3 is 2.31 bits per heavy atom. The fraction of sp³-hybridized carbons (Fsp3) is 0.450. The number of alkyl halides is 3. The third-order valence-electron chi connectivity index (χ3n) is 4.05. The first-order chi connectivity index (χ1) is 16.4. The molecule has 1 aromatic rings. The van der Waals surface area contributed by atoms with Gasteiger partial charge in [0.15, 0.2) is 5.84 Å². The van der Waals surface area contributed by atoms with Crippen molar-refractivity contribution in [1.29, 1.82) is 0 Å². The number of nitrogens with one attached hydrogen (secondary N) is 1. The molecule has 5 N–H and O–H groups in total. The van der Waals surface area contributed by atoms with Crippen LogP contribution in [0.5, 0.6) is 0 Å². The van der Waals surface area contributed by atoms with Crippen molar-refractivity contribution >= 4 is 70.4 Å². The maximum Gasteiger partial charge on any atom is 0.535 e. The lowest BCUT2D eigenvalue weighted by atomic mass is 10.2. The summed E-state index contributed by atoms with van der Waals surface area (Å²) in [7, 11) is 0. The maximum atomic E-state index is 11.7. The maximum absolute atomic E-state index is 11.7. The number of oxime groups is 1. The van der Waals surface area contributed by atoms with Crippen molar-refractivity contribution in [3.8, 4) is 0 Å². The number of halogens is 3. The number of amidine groups is 1. The molecule has 35 heavy (non-hydrogen) atoms. The number of urea groups is 1. The second-order valence-electron chi connectivity index (χ2n) is 6.76. The van der Waals surface area contributed by atoms with Crippen LogP contribution in [0, 0.1) is 0 Å². The number of hydrogen-bond donors (Lipinski definition) is 3. The Hall–Kier alpha value is -2.96. The summed E-state index contributed by atoms with van der Waals surface area (Å²) in [4.78, 5) is 49.8. The van der Waals surface area contributed by atoms with E-state index < -0.39 is 22.6 Å². The molecule has 15 heteroatoms. The van der Waals surface area contributed by atoms with E-state index in [-0.39, 0.29) is 30.7 Å². The molecule has 0 radical (unpaired) electrons. The van der Waals surface area contributed by atoms with E-state index in [2.05, 4.69) is 24.8 Å². The Morgan fingerprint density at radius 2 is 1.80 bits per heavy atom. The molecule has 0 saturated carbocycles. The highest BCUT2D eigenvalue weighted by atomic mass is 35.6. The monoisotopic (exact) mass is 553 g/mol. The first-order valence-corrected chi connectivity index (χ1v) is 11.4. The van der Waals surface area contributed by atoms with Crippen molar-refractivity contribution in [1.82, 2.24) is 5.32 Å². The van der Waals surface area contributed by atoms with E-state index in [9.17, 15) is 19.2 Å². The Balaban J connectivity index is 0.000000471. The van der Waals surface area contributed by atoms with Crippen LogP contribution in [-0.2, 0) is 23.9 Å². The molecular weight excluding hydrogens is 529 g/mol. The molecule has 0 unspecified atom stereocenters. The van der Waals surface area contributed by atoms with Gasteiger partial charge in [-0.2, -0.15) is 0 Å². The summed E-state index contributed by atoms with van der Waals surface area (Å²) < 4.78 is 7.38. The minimum absolute atomic E-state index is 0.0415. The first kappa shape index (κ1) is 30.1. The van der Waals surface area contributed by atoms with Gasteiger partial charge in [0, 0.05) is 30.8 Å². The predicted molar refractivity (Wildman–Crippen MR) is 130 cm³/mol. The van der Waals surface area contributed by atoms with Gasteiger partial charge in [-0.25, -0.2) is 9.59 Å². The summed E-state index contributed by atoms with van der Waals surface area (Å²) in [6, 6.07) is 6.17. The molecule has 0 bridgehead atoms. The number of carbonyl (C=O) groups excluding carboxylic acids is 4. The fourth-order valence-corrected chi connectivity index (χ4v) is 2.72. The topological polar surface area (TPSA) is 176 Å². The van der Waals surface area contributed by atoms with Gasteiger partial charge in [0.05, 0.1) is 13.0 Å². The highest BCUT2D eigenvalue weighted by Gasteiger charge is 2.23. The van der Waals surface area contributed by atoms with Gasteiger partial charge in [-0.15, -0.1) is 0 Å². The smallest absolute Gasteiger partial charge is 0.466 e. The summed E-state index contributed by atoms with van der Waals surface area (Å²) >= 11 is 16.3. The van der Waals surface area contributed by atoms with Gasteiger partial charge < -0.3 is 31.2 Å². The van der Waals surface area contributed by atoms with Gasteiger partial charge in [0.2, 0.25) is 9.70 Å². The average molecular weight is 555 g/mol. The number of anilines is 1. The summed E-state index contributed by atoms with van der Waals surface area (Å²) in [5.41, 5.74) is 11.8. The third kappa shape index (κ3) is 12.9. The minimum atomic E-state index is -1.74. The molecule has 0 aliphatic carbocycles. The minimum Gasteiger partial charge on any atom is -0.466 e. The molecule has 2 rings (SSSR count). The number of hydrogen-bond acceptors (Lipinski definition) is 8. The summed E-state index contributed by atoms with van der Waals surface area (Å²) in [6.45, 7) is 2.52.